The summed E-state index contributed by atoms with van der Waals surface area (Å²) in [6, 6.07) is 1.94. The minimum absolute atomic E-state index is 0. The molecule has 2 heterocycles. The van der Waals surface area contributed by atoms with Crippen molar-refractivity contribution in [3.63, 3.8) is 0 Å². The summed E-state index contributed by atoms with van der Waals surface area (Å²) in [5, 5.41) is 20.9. The molecule has 10 heteroatoms. The summed E-state index contributed by atoms with van der Waals surface area (Å²) >= 11 is 2.18. The number of halogens is 1. The molecular formula is C10H8IK2N3O4. The van der Waals surface area contributed by atoms with Crippen LogP contribution in [0.15, 0.2) is 18.5 Å². The number of carbonyl (C=O) groups is 2. The van der Waals surface area contributed by atoms with Gasteiger partial charge in [-0.15, -0.1) is 0 Å². The first-order valence-electron chi connectivity index (χ1n) is 4.74. The molecule has 2 aromatic rings. The van der Waals surface area contributed by atoms with Crippen molar-refractivity contribution in [1.29, 1.82) is 0 Å². The summed E-state index contributed by atoms with van der Waals surface area (Å²) < 4.78 is 2.67. The Balaban J connectivity index is 0. The molecule has 0 spiro atoms. The molecule has 0 aromatic carbocycles. The number of aromatic nitrogens is 3. The average Bonchev–Trinajstić information content (AvgIpc) is 2.56. The molecule has 0 saturated carbocycles. The fourth-order valence-corrected chi connectivity index (χ4v) is 1.67. The van der Waals surface area contributed by atoms with E-state index >= 15 is 0 Å². The van der Waals surface area contributed by atoms with Crippen LogP contribution < -0.4 is 113 Å². The summed E-state index contributed by atoms with van der Waals surface area (Å²) in [4.78, 5) is 23.4. The van der Waals surface area contributed by atoms with E-state index < -0.39 is 6.16 Å². The van der Waals surface area contributed by atoms with Crippen LogP contribution in [-0.2, 0) is 11.3 Å². The maximum Gasteiger partial charge on any atom is 1.00 e. The van der Waals surface area contributed by atoms with E-state index in [1.54, 1.807) is 24.0 Å². The third-order valence-corrected chi connectivity index (χ3v) is 2.35. The first-order valence-corrected chi connectivity index (χ1v) is 5.82. The molecule has 2 aromatic heterocycles. The second kappa shape index (κ2) is 12.0. The Labute approximate surface area is 213 Å². The van der Waals surface area contributed by atoms with Crippen LogP contribution in [0.3, 0.4) is 0 Å². The predicted molar refractivity (Wildman–Crippen MR) is 66.3 cm³/mol. The van der Waals surface area contributed by atoms with Crippen LogP contribution in [0.4, 0.5) is 4.79 Å². The molecule has 0 aliphatic heterocycles. The molecule has 0 aliphatic carbocycles. The molecule has 0 atom stereocenters. The second-order valence-electron chi connectivity index (χ2n) is 3.34. The molecule has 2 rings (SSSR count). The van der Waals surface area contributed by atoms with Crippen molar-refractivity contribution >= 4 is 45.6 Å². The van der Waals surface area contributed by atoms with Crippen LogP contribution in [0.5, 0.6) is 0 Å². The molecule has 0 unspecified atom stereocenters. The first kappa shape index (κ1) is 23.8. The van der Waals surface area contributed by atoms with Crippen molar-refractivity contribution in [2.75, 3.05) is 0 Å². The monoisotopic (exact) mass is 439 g/mol. The molecule has 20 heavy (non-hydrogen) atoms. The van der Waals surface area contributed by atoms with E-state index in [0.717, 1.165) is 14.6 Å². The number of pyridine rings is 1. The maximum atomic E-state index is 10.9. The van der Waals surface area contributed by atoms with Crippen molar-refractivity contribution in [1.82, 2.24) is 14.8 Å². The average molecular weight is 439 g/mol. The molecule has 0 amide bonds. The van der Waals surface area contributed by atoms with Crippen LogP contribution in [0, 0.1) is 3.57 Å². The Morgan fingerprint density at radius 2 is 1.85 bits per heavy atom. The SMILES string of the molecule is CC(=O)Cn1cc2ncc(I)cc2n1.O=C([O-])[O-].[K+].[K+]. The van der Waals surface area contributed by atoms with Gasteiger partial charge in [-0.1, -0.05) is 0 Å². The smallest absolute Gasteiger partial charge is 0.652 e. The molecule has 0 N–H and O–H groups in total. The van der Waals surface area contributed by atoms with Gasteiger partial charge < -0.3 is 15.0 Å². The summed E-state index contributed by atoms with van der Waals surface area (Å²) in [6.45, 7) is 1.86. The number of ketones is 1. The number of hydrogen-bond donors (Lipinski definition) is 0. The Morgan fingerprint density at radius 1 is 1.30 bits per heavy atom. The fourth-order valence-electron chi connectivity index (χ4n) is 1.24. The van der Waals surface area contributed by atoms with E-state index in [1.807, 2.05) is 6.07 Å². The van der Waals surface area contributed by atoms with Gasteiger partial charge in [0.2, 0.25) is 0 Å². The third kappa shape index (κ3) is 9.55. The molecular weight excluding hydrogens is 431 g/mol. The molecule has 0 saturated heterocycles. The van der Waals surface area contributed by atoms with Crippen molar-refractivity contribution in [3.8, 4) is 0 Å². The molecule has 0 aliphatic rings. The fraction of sp³-hybridized carbons (Fsp3) is 0.200. The van der Waals surface area contributed by atoms with E-state index in [4.69, 9.17) is 15.0 Å². The third-order valence-electron chi connectivity index (χ3n) is 1.76. The van der Waals surface area contributed by atoms with Crippen molar-refractivity contribution in [3.05, 3.63) is 22.0 Å². The zero-order chi connectivity index (χ0) is 13.7. The largest absolute Gasteiger partial charge is 1.00 e. The van der Waals surface area contributed by atoms with Crippen molar-refractivity contribution < 1.29 is 123 Å². The van der Waals surface area contributed by atoms with Crippen molar-refractivity contribution in [2.24, 2.45) is 0 Å². The second-order valence-corrected chi connectivity index (χ2v) is 4.58. The molecule has 7 nitrogen and oxygen atoms in total. The maximum absolute atomic E-state index is 10.9. The number of carbonyl (C=O) groups excluding carboxylic acids is 2. The van der Waals surface area contributed by atoms with Gasteiger partial charge in [0, 0.05) is 9.77 Å². The number of nitrogens with zero attached hydrogens (tertiary/aromatic N) is 3. The van der Waals surface area contributed by atoms with Gasteiger partial charge in [0.15, 0.2) is 5.78 Å². The van der Waals surface area contributed by atoms with Gasteiger partial charge in [0.1, 0.15) is 11.0 Å². The number of carboxylic acid groups (broad SMARTS) is 2. The van der Waals surface area contributed by atoms with Crippen LogP contribution in [0.25, 0.3) is 11.0 Å². The summed E-state index contributed by atoms with van der Waals surface area (Å²) in [7, 11) is 0. The Hall–Kier alpha value is 1.56. The number of rotatable bonds is 2. The zero-order valence-corrected chi connectivity index (χ0v) is 19.7. The zero-order valence-electron chi connectivity index (χ0n) is 11.3. The van der Waals surface area contributed by atoms with Gasteiger partial charge in [-0.3, -0.25) is 14.5 Å². The summed E-state index contributed by atoms with van der Waals surface area (Å²) in [6.07, 6.45) is 1.23. The summed E-state index contributed by atoms with van der Waals surface area (Å²) in [5.41, 5.74) is 1.66. The number of fused-ring (bicyclic) bond motifs is 1. The van der Waals surface area contributed by atoms with E-state index in [-0.39, 0.29) is 109 Å². The van der Waals surface area contributed by atoms with Crippen LogP contribution in [0.1, 0.15) is 6.92 Å². The van der Waals surface area contributed by atoms with Gasteiger partial charge in [-0.25, -0.2) is 0 Å². The Kier molecular flexibility index (Phi) is 14.3. The van der Waals surface area contributed by atoms with Crippen LogP contribution in [0.2, 0.25) is 0 Å². The van der Waals surface area contributed by atoms with Gasteiger partial charge in [-0.05, 0) is 41.7 Å². The van der Waals surface area contributed by atoms with E-state index in [1.165, 1.54) is 0 Å². The van der Waals surface area contributed by atoms with Gasteiger partial charge in [0.25, 0.3) is 0 Å². The van der Waals surface area contributed by atoms with Crippen LogP contribution in [-0.4, -0.2) is 26.7 Å². The standard InChI is InChI=1S/C9H8IN3O.CH2O3.2K/c1-6(14)4-13-5-9-8(12-13)2-7(10)3-11-9;2-1(3)4;;/h2-3,5H,4H2,1H3;(H2,2,3,4);;/q;;2*+1/p-2. The number of hydrogen-bond acceptors (Lipinski definition) is 6. The first-order chi connectivity index (χ1) is 8.38. The molecule has 0 bridgehead atoms. The van der Waals surface area contributed by atoms with Gasteiger partial charge in [0.05, 0.1) is 12.7 Å². The normalized spacial score (nSPS) is 8.70. The molecule has 0 radical (unpaired) electrons. The minimum atomic E-state index is -2.33. The van der Waals surface area contributed by atoms with E-state index in [2.05, 4.69) is 32.7 Å². The van der Waals surface area contributed by atoms with E-state index in [0.29, 0.717) is 6.54 Å². The Morgan fingerprint density at radius 3 is 2.35 bits per heavy atom. The predicted octanol–water partition coefficient (Wildman–Crippen LogP) is -6.81. The van der Waals surface area contributed by atoms with Gasteiger partial charge >= 0.3 is 103 Å². The number of Topliss-reactive ketones (excluding diaryl/α,β-unsaturated/α-hetero) is 1. The summed E-state index contributed by atoms with van der Waals surface area (Å²) in [5.74, 6) is 0.0903. The van der Waals surface area contributed by atoms with Crippen LogP contribution >= 0.6 is 22.6 Å². The quantitative estimate of drug-likeness (QED) is 0.340. The molecule has 96 valence electrons. The minimum Gasteiger partial charge on any atom is -0.652 e. The Bertz CT molecular complexity index is 587. The molecule has 0 fully saturated rings. The van der Waals surface area contributed by atoms with Gasteiger partial charge in [-0.2, -0.15) is 5.10 Å². The topological polar surface area (TPSA) is 111 Å². The van der Waals surface area contributed by atoms with E-state index in [9.17, 15) is 4.79 Å². The van der Waals surface area contributed by atoms with Crippen molar-refractivity contribution in [2.45, 2.75) is 13.5 Å².